The Bertz CT molecular complexity index is 2690. The quantitative estimate of drug-likeness (QED) is 0.136. The van der Waals surface area contributed by atoms with E-state index in [1.165, 1.54) is 76.8 Å². The van der Waals surface area contributed by atoms with Crippen LogP contribution in [0.2, 0.25) is 0 Å². The van der Waals surface area contributed by atoms with Crippen molar-refractivity contribution in [2.24, 2.45) is 0 Å². The molecule has 0 amide bonds. The minimum Gasteiger partial charge on any atom is -0.264 e. The minimum absolute atomic E-state index is 1.04. The molecule has 0 fully saturated rings. The van der Waals surface area contributed by atoms with E-state index >= 15 is 0 Å². The number of pyridine rings is 2. The Balaban J connectivity index is 0.000000245. The smallest absolute Gasteiger partial charge is 0.0780 e. The fraction of sp³-hybridized carbons (Fsp3) is 0.0980. The van der Waals surface area contributed by atoms with Gasteiger partial charge in [-0.3, -0.25) is 9.97 Å². The van der Waals surface area contributed by atoms with Gasteiger partial charge < -0.3 is 0 Å². The molecule has 0 saturated heterocycles. The number of allylic oxidation sites excluding steroid dienone is 3. The molecule has 7 aromatic carbocycles. The molecule has 0 saturated carbocycles. The summed E-state index contributed by atoms with van der Waals surface area (Å²) in [5.74, 6) is 0. The number of rotatable bonds is 4. The molecular formula is C51H44N2. The lowest BCUT2D eigenvalue weighted by Gasteiger charge is -2.17. The minimum atomic E-state index is 1.04. The first-order chi connectivity index (χ1) is 26.0. The lowest BCUT2D eigenvalue weighted by molar-refractivity contribution is 1.32. The van der Waals surface area contributed by atoms with Crippen LogP contribution in [0.5, 0.6) is 0 Å². The number of benzene rings is 7. The van der Waals surface area contributed by atoms with Crippen LogP contribution in [-0.2, 0) is 0 Å². The lowest BCUT2D eigenvalue weighted by Crippen LogP contribution is -1.90. The second-order valence-corrected chi connectivity index (χ2v) is 13.3. The van der Waals surface area contributed by atoms with Crippen molar-refractivity contribution in [1.29, 1.82) is 0 Å². The van der Waals surface area contributed by atoms with Gasteiger partial charge in [0.25, 0.3) is 0 Å². The Kier molecular flexibility index (Phi) is 10.5. The van der Waals surface area contributed by atoms with E-state index in [9.17, 15) is 0 Å². The molecule has 258 valence electrons. The first-order valence-electron chi connectivity index (χ1n) is 18.3. The van der Waals surface area contributed by atoms with Crippen molar-refractivity contribution in [3.05, 3.63) is 187 Å². The molecule has 9 aromatic rings. The predicted octanol–water partition coefficient (Wildman–Crippen LogP) is 14.4. The average Bonchev–Trinajstić information content (AvgIpc) is 3.22. The van der Waals surface area contributed by atoms with Crippen LogP contribution in [0.15, 0.2) is 170 Å². The van der Waals surface area contributed by atoms with Gasteiger partial charge in [0.05, 0.1) is 5.52 Å². The molecule has 0 radical (unpaired) electrons. The molecule has 2 heterocycles. The average molecular weight is 685 g/mol. The maximum Gasteiger partial charge on any atom is 0.0780 e. The first-order valence-corrected chi connectivity index (χ1v) is 18.3. The Morgan fingerprint density at radius 1 is 0.453 bits per heavy atom. The molecular weight excluding hydrogens is 641 g/mol. The number of aryl methyl sites for hydroxylation is 1. The van der Waals surface area contributed by atoms with Crippen molar-refractivity contribution in [2.45, 2.75) is 34.6 Å². The van der Waals surface area contributed by atoms with Crippen LogP contribution in [0.4, 0.5) is 0 Å². The number of hydrogen-bond donors (Lipinski definition) is 0. The molecule has 0 aliphatic carbocycles. The first kappa shape index (κ1) is 35.0. The highest BCUT2D eigenvalue weighted by Gasteiger charge is 2.16. The van der Waals surface area contributed by atoms with Crippen molar-refractivity contribution in [3.8, 4) is 33.4 Å². The summed E-state index contributed by atoms with van der Waals surface area (Å²) >= 11 is 0. The summed E-state index contributed by atoms with van der Waals surface area (Å²) in [5.41, 5.74) is 12.3. The maximum atomic E-state index is 4.75. The van der Waals surface area contributed by atoms with Gasteiger partial charge in [-0.25, -0.2) is 0 Å². The van der Waals surface area contributed by atoms with Crippen molar-refractivity contribution < 1.29 is 0 Å². The van der Waals surface area contributed by atoms with Crippen LogP contribution in [0.1, 0.15) is 37.5 Å². The zero-order valence-corrected chi connectivity index (χ0v) is 31.1. The van der Waals surface area contributed by atoms with Crippen LogP contribution in [0, 0.1) is 13.8 Å². The van der Waals surface area contributed by atoms with E-state index in [4.69, 9.17) is 4.98 Å². The van der Waals surface area contributed by atoms with Gasteiger partial charge in [0.2, 0.25) is 0 Å². The van der Waals surface area contributed by atoms with Gasteiger partial charge in [-0.1, -0.05) is 146 Å². The number of hydrogen-bond acceptors (Lipinski definition) is 2. The van der Waals surface area contributed by atoms with Gasteiger partial charge in [0.1, 0.15) is 0 Å². The standard InChI is InChI=1S/C36H22N2.C11H14.C4H8/c1-4-27-5-3-21-38-36(27)33(7-1)30-17-13-26-14-18-31-29(16-12-25-15-19-32(30)35(26)34(25)31)24-10-8-23(9-11-24)28-6-2-20-37-22-28;1-4-6-11-8-5-7-9(2)10(11)3;1-3-4-2/h1-22H;4-8H,1-3H3;3-4H,1-2H3/b;6-4-;4-3-. The van der Waals surface area contributed by atoms with Gasteiger partial charge in [-0.15, -0.1) is 0 Å². The highest BCUT2D eigenvalue weighted by atomic mass is 14.6. The Labute approximate surface area is 313 Å². The SMILES string of the molecule is C/C=C\C.C/C=C\c1cccc(C)c1C.c1cncc(-c2ccc(-c3ccc4ccc5c(-c6cccc7cccnc67)ccc6ccc3c4c65)cc2)c1. The van der Waals surface area contributed by atoms with Crippen molar-refractivity contribution >= 4 is 49.3 Å². The molecule has 53 heavy (non-hydrogen) atoms. The van der Waals surface area contributed by atoms with Gasteiger partial charge in [0.15, 0.2) is 0 Å². The number of fused-ring (bicyclic) bond motifs is 1. The zero-order valence-electron chi connectivity index (χ0n) is 31.1. The molecule has 0 bridgehead atoms. The third kappa shape index (κ3) is 7.09. The van der Waals surface area contributed by atoms with Crippen LogP contribution in [0.25, 0.3) is 82.7 Å². The van der Waals surface area contributed by atoms with Gasteiger partial charge in [-0.05, 0) is 124 Å². The van der Waals surface area contributed by atoms with E-state index in [-0.39, 0.29) is 0 Å². The van der Waals surface area contributed by atoms with E-state index in [0.29, 0.717) is 0 Å². The molecule has 2 heteroatoms. The van der Waals surface area contributed by atoms with Crippen LogP contribution < -0.4 is 0 Å². The highest BCUT2D eigenvalue weighted by Crippen LogP contribution is 2.43. The topological polar surface area (TPSA) is 25.8 Å². The summed E-state index contributed by atoms with van der Waals surface area (Å²) in [6, 6.07) is 48.0. The molecule has 0 N–H and O–H groups in total. The molecule has 9 rings (SSSR count). The van der Waals surface area contributed by atoms with Crippen molar-refractivity contribution in [2.75, 3.05) is 0 Å². The zero-order chi connectivity index (χ0) is 36.7. The Hall–Kier alpha value is -6.38. The van der Waals surface area contributed by atoms with Gasteiger partial charge in [-0.2, -0.15) is 0 Å². The molecule has 0 aliphatic heterocycles. The second-order valence-electron chi connectivity index (χ2n) is 13.3. The van der Waals surface area contributed by atoms with Crippen LogP contribution in [-0.4, -0.2) is 9.97 Å². The van der Waals surface area contributed by atoms with Gasteiger partial charge in [0, 0.05) is 29.5 Å². The highest BCUT2D eigenvalue weighted by molar-refractivity contribution is 6.28. The summed E-state index contributed by atoms with van der Waals surface area (Å²) in [6.07, 6.45) is 13.8. The molecule has 0 unspecified atom stereocenters. The van der Waals surface area contributed by atoms with Crippen LogP contribution >= 0.6 is 0 Å². The molecule has 0 atom stereocenters. The van der Waals surface area contributed by atoms with Crippen LogP contribution in [0.3, 0.4) is 0 Å². The lowest BCUT2D eigenvalue weighted by atomic mass is 9.87. The van der Waals surface area contributed by atoms with E-state index in [2.05, 4.69) is 152 Å². The predicted molar refractivity (Wildman–Crippen MR) is 231 cm³/mol. The number of para-hydroxylation sites is 1. The second kappa shape index (κ2) is 15.9. The molecule has 0 aliphatic rings. The summed E-state index contributed by atoms with van der Waals surface area (Å²) < 4.78 is 0. The molecule has 2 aromatic heterocycles. The summed E-state index contributed by atoms with van der Waals surface area (Å²) in [5, 5.41) is 8.88. The third-order valence-corrected chi connectivity index (χ3v) is 10.1. The molecule has 2 nitrogen and oxygen atoms in total. The number of aromatic nitrogens is 2. The van der Waals surface area contributed by atoms with E-state index in [1.54, 1.807) is 0 Å². The summed E-state index contributed by atoms with van der Waals surface area (Å²) in [7, 11) is 0. The summed E-state index contributed by atoms with van der Waals surface area (Å²) in [6.45, 7) is 10.3. The molecule has 0 spiro atoms. The third-order valence-electron chi connectivity index (χ3n) is 10.1. The van der Waals surface area contributed by atoms with E-state index in [1.807, 2.05) is 63.6 Å². The van der Waals surface area contributed by atoms with Crippen molar-refractivity contribution in [1.82, 2.24) is 9.97 Å². The van der Waals surface area contributed by atoms with Gasteiger partial charge >= 0.3 is 0 Å². The fourth-order valence-corrected chi connectivity index (χ4v) is 7.12. The fourth-order valence-electron chi connectivity index (χ4n) is 7.12. The largest absolute Gasteiger partial charge is 0.264 e. The monoisotopic (exact) mass is 684 g/mol. The Morgan fingerprint density at radius 2 is 1.08 bits per heavy atom. The summed E-state index contributed by atoms with van der Waals surface area (Å²) in [4.78, 5) is 9.02. The Morgan fingerprint density at radius 3 is 1.75 bits per heavy atom. The normalized spacial score (nSPS) is 11.3. The van der Waals surface area contributed by atoms with E-state index < -0.39 is 0 Å². The maximum absolute atomic E-state index is 4.75. The number of nitrogens with zero attached hydrogens (tertiary/aromatic N) is 2. The van der Waals surface area contributed by atoms with Crippen molar-refractivity contribution in [3.63, 3.8) is 0 Å². The van der Waals surface area contributed by atoms with E-state index in [0.717, 1.165) is 16.5 Å².